The number of aromatic amines is 1. The first-order chi connectivity index (χ1) is 23.3. The maximum absolute atomic E-state index is 13.8. The highest BCUT2D eigenvalue weighted by Gasteiger charge is 2.34. The van der Waals surface area contributed by atoms with Crippen LogP contribution in [0.25, 0.3) is 11.0 Å². The fraction of sp³-hybridized carbons (Fsp3) is 0.371. The number of imidazole rings is 1. The van der Waals surface area contributed by atoms with Crippen molar-refractivity contribution >= 4 is 27.0 Å². The number of carbonyl (C=O) groups excluding carboxylic acids is 1. The fourth-order valence-corrected chi connectivity index (χ4v) is 7.82. The lowest BCUT2D eigenvalue weighted by Gasteiger charge is -2.35. The van der Waals surface area contributed by atoms with E-state index in [9.17, 15) is 23.1 Å². The third-order valence-electron chi connectivity index (χ3n) is 8.93. The van der Waals surface area contributed by atoms with Gasteiger partial charge in [0.2, 0.25) is 16.3 Å². The predicted octanol–water partition coefficient (Wildman–Crippen LogP) is 3.62. The van der Waals surface area contributed by atoms with Gasteiger partial charge in [0.15, 0.2) is 5.76 Å². The topological polar surface area (TPSA) is 143 Å². The van der Waals surface area contributed by atoms with Gasteiger partial charge < -0.3 is 29.2 Å². The first-order valence-electron chi connectivity index (χ1n) is 16.1. The molecule has 1 fully saturated rings. The van der Waals surface area contributed by atoms with E-state index in [1.54, 1.807) is 21.6 Å². The van der Waals surface area contributed by atoms with Crippen LogP contribution >= 0.6 is 0 Å². The van der Waals surface area contributed by atoms with Crippen molar-refractivity contribution < 1.29 is 32.5 Å². The molecule has 1 amide bonds. The number of H-pyrrole nitrogens is 1. The number of ether oxygens (including phenoxy) is 3. The van der Waals surface area contributed by atoms with Crippen LogP contribution in [-0.4, -0.2) is 91.0 Å². The molecule has 2 aliphatic rings. The third kappa shape index (κ3) is 7.19. The summed E-state index contributed by atoms with van der Waals surface area (Å²) in [5.74, 6) is 0.294. The van der Waals surface area contributed by atoms with E-state index in [4.69, 9.17) is 14.2 Å². The first kappa shape index (κ1) is 33.5. The first-order valence-corrected chi connectivity index (χ1v) is 17.5. The predicted molar refractivity (Wildman–Crippen MR) is 179 cm³/mol. The van der Waals surface area contributed by atoms with Crippen LogP contribution in [0.2, 0.25) is 0 Å². The van der Waals surface area contributed by atoms with Gasteiger partial charge in [-0.3, -0.25) is 9.36 Å². The molecule has 0 spiro atoms. The summed E-state index contributed by atoms with van der Waals surface area (Å²) in [6, 6.07) is 23.4. The van der Waals surface area contributed by atoms with Crippen molar-refractivity contribution in [3.05, 3.63) is 107 Å². The number of aromatic nitrogens is 2. The summed E-state index contributed by atoms with van der Waals surface area (Å²) in [6.45, 7) is 0.388. The molecule has 2 N–H and O–H groups in total. The van der Waals surface area contributed by atoms with E-state index >= 15 is 0 Å². The summed E-state index contributed by atoms with van der Waals surface area (Å²) >= 11 is 0. The van der Waals surface area contributed by atoms with E-state index in [0.717, 1.165) is 20.9 Å². The Morgan fingerprint density at radius 2 is 1.71 bits per heavy atom. The average molecular weight is 677 g/mol. The molecule has 0 radical (unpaired) electrons. The van der Waals surface area contributed by atoms with Gasteiger partial charge in [0.05, 0.1) is 36.3 Å². The number of nitrogens with one attached hydrogen (secondary N) is 1. The van der Waals surface area contributed by atoms with Gasteiger partial charge in [-0.25, -0.2) is 13.2 Å². The minimum atomic E-state index is -3.92. The summed E-state index contributed by atoms with van der Waals surface area (Å²) in [4.78, 5) is 31.3. The van der Waals surface area contributed by atoms with Gasteiger partial charge in [-0.1, -0.05) is 42.5 Å². The highest BCUT2D eigenvalue weighted by Crippen LogP contribution is 2.33. The Hall–Kier alpha value is -4.43. The number of aliphatic hydroxyl groups is 1. The minimum absolute atomic E-state index is 0.0200. The highest BCUT2D eigenvalue weighted by atomic mass is 32.2. The van der Waals surface area contributed by atoms with Gasteiger partial charge in [0, 0.05) is 44.6 Å². The molecular weight excluding hydrogens is 636 g/mol. The smallest absolute Gasteiger partial charge is 0.326 e. The number of allylic oxidation sites excluding steroid dienone is 1. The molecule has 6 rings (SSSR count). The number of rotatable bonds is 12. The van der Waals surface area contributed by atoms with Crippen LogP contribution in [0.5, 0.6) is 5.75 Å². The number of amides is 1. The highest BCUT2D eigenvalue weighted by molar-refractivity contribution is 7.89. The molecule has 12 nitrogen and oxygen atoms in total. The van der Waals surface area contributed by atoms with Gasteiger partial charge in [-0.15, -0.1) is 0 Å². The normalized spacial score (nSPS) is 18.9. The molecule has 13 heteroatoms. The number of fused-ring (bicyclic) bond motifs is 1. The second-order valence-electron chi connectivity index (χ2n) is 11.8. The largest absolute Gasteiger partial charge is 0.497 e. The van der Waals surface area contributed by atoms with Gasteiger partial charge in [0.1, 0.15) is 5.75 Å². The molecule has 48 heavy (non-hydrogen) atoms. The van der Waals surface area contributed by atoms with Crippen molar-refractivity contribution in [3.63, 3.8) is 0 Å². The number of hydrogen-bond acceptors (Lipinski definition) is 8. The zero-order valence-corrected chi connectivity index (χ0v) is 27.6. The van der Waals surface area contributed by atoms with E-state index in [2.05, 4.69) is 4.98 Å². The van der Waals surface area contributed by atoms with Crippen LogP contribution in [-0.2, 0) is 24.3 Å². The van der Waals surface area contributed by atoms with Crippen molar-refractivity contribution in [3.8, 4) is 5.75 Å². The SMILES string of the molecule is COc1ccc(S(=O)(=O)N(CCO)CCO[C@@H]2C[C@H](c3ccccc3)C=C(C(=O)N3CCC(n4c(=O)[nH]c5ccccc54)CC3)O2)cc1. The number of hydrogen-bond donors (Lipinski definition) is 2. The molecule has 4 aromatic rings. The quantitative estimate of drug-likeness (QED) is 0.232. The Balaban J connectivity index is 1.13. The van der Waals surface area contributed by atoms with Crippen LogP contribution in [0, 0.1) is 0 Å². The zero-order valence-electron chi connectivity index (χ0n) is 26.7. The van der Waals surface area contributed by atoms with E-state index in [1.165, 1.54) is 19.2 Å². The fourth-order valence-electron chi connectivity index (χ4n) is 6.41. The molecule has 1 aromatic heterocycles. The molecule has 2 atom stereocenters. The number of methoxy groups -OCH3 is 1. The second-order valence-corrected chi connectivity index (χ2v) is 13.8. The van der Waals surface area contributed by atoms with Crippen LogP contribution < -0.4 is 10.4 Å². The molecule has 0 aliphatic carbocycles. The van der Waals surface area contributed by atoms with E-state index < -0.39 is 16.3 Å². The van der Waals surface area contributed by atoms with Gasteiger partial charge in [0.25, 0.3) is 5.91 Å². The Bertz CT molecular complexity index is 1900. The number of sulfonamides is 1. The summed E-state index contributed by atoms with van der Waals surface area (Å²) < 4.78 is 47.0. The Morgan fingerprint density at radius 1 is 1.00 bits per heavy atom. The van der Waals surface area contributed by atoms with Crippen LogP contribution in [0.4, 0.5) is 0 Å². The number of carbonyl (C=O) groups is 1. The molecule has 2 aliphatic heterocycles. The van der Waals surface area contributed by atoms with E-state index in [1.807, 2.05) is 60.7 Å². The lowest BCUT2D eigenvalue weighted by Crippen LogP contribution is -2.43. The molecule has 0 bridgehead atoms. The Labute approximate surface area is 279 Å². The second kappa shape index (κ2) is 14.8. The standard InChI is InChI=1S/C35H40N4O8S/c1-45-28-11-13-29(14-12-28)48(43,44)38(19-21-40)20-22-46-33-24-26(25-7-3-2-4-8-25)23-32(47-33)34(41)37-17-15-27(16-18-37)39-31-10-6-5-9-30(31)36-35(39)42/h2-14,23,26-27,33,40H,15-22,24H2,1H3,(H,36,42)/t26-,33+/m1/s1. The molecular formula is C35H40N4O8S. The molecule has 3 aromatic carbocycles. The van der Waals surface area contributed by atoms with Crippen molar-refractivity contribution in [1.29, 1.82) is 0 Å². The maximum Gasteiger partial charge on any atom is 0.326 e. The van der Waals surface area contributed by atoms with Gasteiger partial charge >= 0.3 is 5.69 Å². The van der Waals surface area contributed by atoms with Crippen LogP contribution in [0.1, 0.15) is 36.8 Å². The molecule has 0 unspecified atom stereocenters. The zero-order chi connectivity index (χ0) is 33.7. The van der Waals surface area contributed by atoms with Gasteiger partial charge in [-0.2, -0.15) is 4.31 Å². The Morgan fingerprint density at radius 3 is 2.42 bits per heavy atom. The minimum Gasteiger partial charge on any atom is -0.497 e. The lowest BCUT2D eigenvalue weighted by molar-refractivity contribution is -0.153. The van der Waals surface area contributed by atoms with Crippen molar-refractivity contribution in [2.45, 2.75) is 42.4 Å². The average Bonchev–Trinajstić information content (AvgIpc) is 3.46. The van der Waals surface area contributed by atoms with Crippen molar-refractivity contribution in [1.82, 2.24) is 18.8 Å². The number of piperidine rings is 1. The lowest BCUT2D eigenvalue weighted by atomic mass is 9.92. The van der Waals surface area contributed by atoms with Crippen molar-refractivity contribution in [2.24, 2.45) is 0 Å². The number of benzene rings is 3. The maximum atomic E-state index is 13.8. The monoisotopic (exact) mass is 676 g/mol. The van der Waals surface area contributed by atoms with E-state index in [-0.39, 0.29) is 60.5 Å². The summed E-state index contributed by atoms with van der Waals surface area (Å²) in [5.41, 5.74) is 2.49. The molecule has 1 saturated heterocycles. The molecule has 254 valence electrons. The van der Waals surface area contributed by atoms with Crippen LogP contribution in [0.3, 0.4) is 0 Å². The molecule has 0 saturated carbocycles. The number of para-hydroxylation sites is 2. The van der Waals surface area contributed by atoms with Gasteiger partial charge in [-0.05, 0) is 60.9 Å². The number of likely N-dealkylation sites (tertiary alicyclic amines) is 1. The third-order valence-corrected chi connectivity index (χ3v) is 10.8. The Kier molecular flexibility index (Phi) is 10.3. The summed E-state index contributed by atoms with van der Waals surface area (Å²) in [7, 11) is -2.42. The molecule has 3 heterocycles. The number of nitrogens with zero attached hydrogens (tertiary/aromatic N) is 3. The van der Waals surface area contributed by atoms with E-state index in [0.29, 0.717) is 38.1 Å². The van der Waals surface area contributed by atoms with Crippen LogP contribution in [0.15, 0.2) is 100 Å². The van der Waals surface area contributed by atoms with Crippen molar-refractivity contribution in [2.75, 3.05) is 46.5 Å². The number of aliphatic hydroxyl groups excluding tert-OH is 1. The summed E-state index contributed by atoms with van der Waals surface area (Å²) in [5, 5.41) is 9.63. The summed E-state index contributed by atoms with van der Waals surface area (Å²) in [6.07, 6.45) is 2.69.